The average Bonchev–Trinajstić information content (AvgIpc) is 0.981. The molecule has 0 aliphatic heterocycles. The summed E-state index contributed by atoms with van der Waals surface area (Å²) in [5.41, 5.74) is 0. The van der Waals surface area contributed by atoms with Gasteiger partial charge in [-0.25, -0.2) is 9.13 Å². The molecule has 0 aromatic carbocycles. The van der Waals surface area contributed by atoms with Crippen LogP contribution in [0.4, 0.5) is 0 Å². The first-order valence-electron chi connectivity index (χ1n) is 44.6. The summed E-state index contributed by atoms with van der Waals surface area (Å²) in [6.07, 6.45) is 72.4. The van der Waals surface area contributed by atoms with Gasteiger partial charge >= 0.3 is 39.5 Å². The van der Waals surface area contributed by atoms with Crippen LogP contribution in [0.15, 0.2) is 0 Å². The van der Waals surface area contributed by atoms with Crippen LogP contribution in [0, 0.1) is 5.92 Å². The Morgan fingerprint density at radius 1 is 0.257 bits per heavy atom. The fourth-order valence-corrected chi connectivity index (χ4v) is 15.1. The van der Waals surface area contributed by atoms with Gasteiger partial charge in [0.15, 0.2) is 12.2 Å². The van der Waals surface area contributed by atoms with Crippen LogP contribution in [-0.2, 0) is 65.4 Å². The van der Waals surface area contributed by atoms with Gasteiger partial charge in [0.1, 0.15) is 19.3 Å². The molecule has 0 aromatic rings. The minimum atomic E-state index is -4.97. The molecule has 3 N–H and O–H groups in total. The van der Waals surface area contributed by atoms with Crippen molar-refractivity contribution in [3.63, 3.8) is 0 Å². The lowest BCUT2D eigenvalue weighted by Crippen LogP contribution is -2.30. The topological polar surface area (TPSA) is 237 Å². The third-order valence-corrected chi connectivity index (χ3v) is 22.2. The van der Waals surface area contributed by atoms with Gasteiger partial charge in [0.05, 0.1) is 26.4 Å². The average molecular weight is 1540 g/mol. The van der Waals surface area contributed by atoms with Crippen molar-refractivity contribution in [1.29, 1.82) is 0 Å². The van der Waals surface area contributed by atoms with E-state index in [1.807, 2.05) is 0 Å². The molecule has 0 radical (unpaired) electrons. The second kappa shape index (κ2) is 78.7. The minimum absolute atomic E-state index is 0.108. The van der Waals surface area contributed by atoms with Crippen molar-refractivity contribution >= 4 is 39.5 Å². The monoisotopic (exact) mass is 1540 g/mol. The molecule has 0 amide bonds. The summed E-state index contributed by atoms with van der Waals surface area (Å²) in [6.45, 7) is 7.31. The predicted molar refractivity (Wildman–Crippen MR) is 432 cm³/mol. The van der Waals surface area contributed by atoms with E-state index in [1.54, 1.807) is 0 Å². The highest BCUT2D eigenvalue weighted by molar-refractivity contribution is 7.47. The molecule has 0 spiro atoms. The number of aliphatic hydroxyl groups excluding tert-OH is 1. The van der Waals surface area contributed by atoms with E-state index in [9.17, 15) is 43.2 Å². The van der Waals surface area contributed by atoms with Crippen LogP contribution < -0.4 is 0 Å². The highest BCUT2D eigenvalue weighted by Crippen LogP contribution is 2.45. The second-order valence-corrected chi connectivity index (χ2v) is 34.3. The standard InChI is InChI=1S/C86H168O17P2/c1-6-9-12-15-18-21-24-27-30-32-34-36-38-41-43-46-49-54-59-64-69-83(88)96-75-81(102-85(90)72-67-62-56-51-48-45-42-39-37-35-33-31-28-25-22-19-16-13-10-7-2)77-100-104(92,93)98-73-80(87)74-99-105(94,95)101-78-82(76-97-84(89)70-65-60-57-52-53-58-63-68-79(4)5)103-86(91)71-66-61-55-50-47-44-40-29-26-23-20-17-14-11-8-3/h79-82,87H,6-78H2,1-5H3,(H,92,93)(H,94,95)/t80-,81-,82-/m1/s1. The Labute approximate surface area is 645 Å². The van der Waals surface area contributed by atoms with Crippen LogP contribution in [0.1, 0.15) is 465 Å². The number of carbonyl (C=O) groups is 4. The lowest BCUT2D eigenvalue weighted by atomic mass is 10.0. The summed E-state index contributed by atoms with van der Waals surface area (Å²) < 4.78 is 68.9. The van der Waals surface area contributed by atoms with Crippen molar-refractivity contribution in [1.82, 2.24) is 0 Å². The molecule has 17 nitrogen and oxygen atoms in total. The minimum Gasteiger partial charge on any atom is -0.462 e. The van der Waals surface area contributed by atoms with Gasteiger partial charge in [0, 0.05) is 25.7 Å². The maximum atomic E-state index is 13.1. The zero-order valence-corrected chi connectivity index (χ0v) is 70.7. The predicted octanol–water partition coefficient (Wildman–Crippen LogP) is 26.4. The molecule has 0 saturated carbocycles. The first-order chi connectivity index (χ1) is 51.0. The maximum absolute atomic E-state index is 13.1. The molecule has 0 saturated heterocycles. The number of esters is 4. The first kappa shape index (κ1) is 103. The van der Waals surface area contributed by atoms with Crippen molar-refractivity contribution in [3.05, 3.63) is 0 Å². The molecule has 0 bridgehead atoms. The van der Waals surface area contributed by atoms with Gasteiger partial charge in [-0.15, -0.1) is 0 Å². The van der Waals surface area contributed by atoms with Gasteiger partial charge in [-0.3, -0.25) is 37.3 Å². The number of aliphatic hydroxyl groups is 1. The smallest absolute Gasteiger partial charge is 0.462 e. The quantitative estimate of drug-likeness (QED) is 0.0222. The summed E-state index contributed by atoms with van der Waals surface area (Å²) in [6, 6.07) is 0. The number of carbonyl (C=O) groups excluding carboxylic acids is 4. The highest BCUT2D eigenvalue weighted by Gasteiger charge is 2.30. The summed E-state index contributed by atoms with van der Waals surface area (Å²) in [4.78, 5) is 73.2. The van der Waals surface area contributed by atoms with Crippen molar-refractivity contribution in [2.75, 3.05) is 39.6 Å². The molecule has 19 heteroatoms. The molecule has 0 aromatic heterocycles. The van der Waals surface area contributed by atoms with E-state index in [1.165, 1.54) is 283 Å². The van der Waals surface area contributed by atoms with E-state index in [0.717, 1.165) is 96.3 Å². The third-order valence-electron chi connectivity index (χ3n) is 20.3. The van der Waals surface area contributed by atoms with E-state index in [0.29, 0.717) is 31.6 Å². The summed E-state index contributed by atoms with van der Waals surface area (Å²) in [5, 5.41) is 10.7. The Kier molecular flexibility index (Phi) is 77.3. The molecule has 5 atom stereocenters. The van der Waals surface area contributed by atoms with Crippen LogP contribution in [-0.4, -0.2) is 96.7 Å². The number of phosphoric acid groups is 2. The van der Waals surface area contributed by atoms with Gasteiger partial charge in [-0.1, -0.05) is 413 Å². The second-order valence-electron chi connectivity index (χ2n) is 31.4. The summed E-state index contributed by atoms with van der Waals surface area (Å²) >= 11 is 0. The molecule has 105 heavy (non-hydrogen) atoms. The Hall–Kier alpha value is -1.94. The fraction of sp³-hybridized carbons (Fsp3) is 0.953. The Morgan fingerprint density at radius 3 is 0.648 bits per heavy atom. The molecule has 0 fully saturated rings. The van der Waals surface area contributed by atoms with E-state index >= 15 is 0 Å². The van der Waals surface area contributed by atoms with E-state index < -0.39 is 97.5 Å². The highest BCUT2D eigenvalue weighted by atomic mass is 31.2. The number of phosphoric ester groups is 2. The molecule has 624 valence electrons. The number of ether oxygens (including phenoxy) is 4. The molecule has 0 rings (SSSR count). The lowest BCUT2D eigenvalue weighted by Gasteiger charge is -2.21. The number of hydrogen-bond donors (Lipinski definition) is 3. The van der Waals surface area contributed by atoms with Crippen LogP contribution in [0.25, 0.3) is 0 Å². The Bertz CT molecular complexity index is 2000. The zero-order valence-electron chi connectivity index (χ0n) is 68.9. The SMILES string of the molecule is CCCCCCCCCCCCCCCCCCCCCCC(=O)OC[C@H](COP(=O)(O)OC[C@@H](O)COP(=O)(O)OC[C@@H](COC(=O)CCCCCCCCCC(C)C)OC(=O)CCCCCCCCCCCCCCCCC)OC(=O)CCCCCCCCCCCCCCCCCCCCCC. The Morgan fingerprint density at radius 2 is 0.438 bits per heavy atom. The van der Waals surface area contributed by atoms with Crippen molar-refractivity contribution in [2.24, 2.45) is 5.92 Å². The molecule has 2 unspecified atom stereocenters. The fourth-order valence-electron chi connectivity index (χ4n) is 13.5. The van der Waals surface area contributed by atoms with Crippen LogP contribution in [0.2, 0.25) is 0 Å². The van der Waals surface area contributed by atoms with Gasteiger partial charge in [0.25, 0.3) is 0 Å². The molecule has 0 heterocycles. The number of hydrogen-bond acceptors (Lipinski definition) is 15. The number of rotatable bonds is 86. The summed E-state index contributed by atoms with van der Waals surface area (Å²) in [7, 11) is -9.93. The van der Waals surface area contributed by atoms with Gasteiger partial charge in [0.2, 0.25) is 0 Å². The zero-order chi connectivity index (χ0) is 76.9. The van der Waals surface area contributed by atoms with Gasteiger partial charge in [-0.05, 0) is 31.6 Å². The van der Waals surface area contributed by atoms with Crippen molar-refractivity contribution < 1.29 is 80.2 Å². The summed E-state index contributed by atoms with van der Waals surface area (Å²) in [5.74, 6) is -1.40. The normalized spacial score (nSPS) is 13.8. The largest absolute Gasteiger partial charge is 0.472 e. The van der Waals surface area contributed by atoms with Crippen LogP contribution in [0.5, 0.6) is 0 Å². The Balaban J connectivity index is 5.22. The first-order valence-corrected chi connectivity index (χ1v) is 47.6. The molecule has 0 aliphatic carbocycles. The third kappa shape index (κ3) is 79.9. The molecular formula is C86H168O17P2. The van der Waals surface area contributed by atoms with Crippen LogP contribution in [0.3, 0.4) is 0 Å². The van der Waals surface area contributed by atoms with Gasteiger partial charge < -0.3 is 33.8 Å². The van der Waals surface area contributed by atoms with E-state index in [4.69, 9.17) is 37.0 Å². The number of unbranched alkanes of at least 4 members (excludes halogenated alkanes) is 58. The molecular weight excluding hydrogens is 1370 g/mol. The van der Waals surface area contributed by atoms with E-state index in [-0.39, 0.29) is 25.7 Å². The van der Waals surface area contributed by atoms with Crippen molar-refractivity contribution in [2.45, 2.75) is 483 Å². The molecule has 0 aliphatic rings. The maximum Gasteiger partial charge on any atom is 0.472 e. The van der Waals surface area contributed by atoms with Crippen molar-refractivity contribution in [3.8, 4) is 0 Å². The van der Waals surface area contributed by atoms with Crippen LogP contribution >= 0.6 is 15.6 Å². The van der Waals surface area contributed by atoms with E-state index in [2.05, 4.69) is 34.6 Å². The lowest BCUT2D eigenvalue weighted by molar-refractivity contribution is -0.161. The van der Waals surface area contributed by atoms with Gasteiger partial charge in [-0.2, -0.15) is 0 Å².